The van der Waals surface area contributed by atoms with Crippen LogP contribution in [-0.2, 0) is 4.79 Å². The van der Waals surface area contributed by atoms with Crippen LogP contribution in [0.5, 0.6) is 0 Å². The molecule has 0 fully saturated rings. The van der Waals surface area contributed by atoms with E-state index in [0.717, 1.165) is 0 Å². The number of carboxylic acid groups (broad SMARTS) is 1. The quantitative estimate of drug-likeness (QED) is 0.466. The molecular weight excluding hydrogens is 370 g/mol. The Morgan fingerprint density at radius 3 is 2.56 bits per heavy atom. The van der Waals surface area contributed by atoms with Gasteiger partial charge < -0.3 is 10.4 Å². The van der Waals surface area contributed by atoms with Gasteiger partial charge in [-0.2, -0.15) is 0 Å². The van der Waals surface area contributed by atoms with Crippen molar-refractivity contribution in [2.24, 2.45) is 0 Å². The molecule has 0 saturated carbocycles. The third-order valence-corrected chi connectivity index (χ3v) is 4.61. The van der Waals surface area contributed by atoms with Gasteiger partial charge in [0.05, 0.1) is 16.2 Å². The first-order valence-electron chi connectivity index (χ1n) is 8.08. The van der Waals surface area contributed by atoms with E-state index < -0.39 is 16.8 Å². The second kappa shape index (κ2) is 7.20. The Balaban J connectivity index is 2.27. The Morgan fingerprint density at radius 2 is 1.93 bits per heavy atom. The van der Waals surface area contributed by atoms with E-state index in [2.05, 4.69) is 10.3 Å². The molecule has 8 heteroatoms. The normalized spacial score (nSPS) is 16.9. The molecule has 1 unspecified atom stereocenters. The van der Waals surface area contributed by atoms with Crippen LogP contribution >= 0.6 is 11.6 Å². The lowest BCUT2D eigenvalue weighted by Gasteiger charge is -2.30. The van der Waals surface area contributed by atoms with Crippen LogP contribution in [0.1, 0.15) is 31.0 Å². The summed E-state index contributed by atoms with van der Waals surface area (Å²) in [5, 5.41) is 24.4. The number of pyridine rings is 1. The van der Waals surface area contributed by atoms with Gasteiger partial charge in [0.2, 0.25) is 0 Å². The second-order valence-corrected chi connectivity index (χ2v) is 6.53. The summed E-state index contributed by atoms with van der Waals surface area (Å²) in [5.74, 6) is -1.84. The van der Waals surface area contributed by atoms with Crippen LogP contribution in [0.15, 0.2) is 59.4 Å². The number of aliphatic carboxylic acids is 1. The average molecular weight is 386 g/mol. The number of hydrogen-bond donors (Lipinski definition) is 2. The summed E-state index contributed by atoms with van der Waals surface area (Å²) < 4.78 is 0. The molecule has 0 spiro atoms. The number of non-ortho nitro benzene ring substituents is 1. The van der Waals surface area contributed by atoms with Crippen LogP contribution in [0.4, 0.5) is 5.69 Å². The number of allylic oxidation sites excluding steroid dienone is 3. The maximum atomic E-state index is 12.0. The molecule has 1 aliphatic rings. The molecule has 2 aromatic rings. The third-order valence-electron chi connectivity index (χ3n) is 4.40. The summed E-state index contributed by atoms with van der Waals surface area (Å²) in [7, 11) is 0. The highest BCUT2D eigenvalue weighted by molar-refractivity contribution is 6.29. The first-order chi connectivity index (χ1) is 12.8. The number of halogens is 1. The van der Waals surface area contributed by atoms with Gasteiger partial charge in [-0.15, -0.1) is 0 Å². The standard InChI is InChI=1S/C19H16ClN3O4/c1-10-16(14-7-4-8-15(20)22-14)18(17(19(24)25)11(2)21-10)12-5-3-6-13(9-12)23(26)27/h3-9,18,21H,1-2H3,(H,24,25). The van der Waals surface area contributed by atoms with E-state index in [-0.39, 0.29) is 16.4 Å². The smallest absolute Gasteiger partial charge is 0.334 e. The van der Waals surface area contributed by atoms with Crippen molar-refractivity contribution in [3.63, 3.8) is 0 Å². The van der Waals surface area contributed by atoms with Gasteiger partial charge in [-0.05, 0) is 31.5 Å². The zero-order valence-electron chi connectivity index (χ0n) is 14.6. The molecular formula is C19H16ClN3O4. The maximum absolute atomic E-state index is 12.0. The van der Waals surface area contributed by atoms with Gasteiger partial charge >= 0.3 is 5.97 Å². The molecule has 2 heterocycles. The SMILES string of the molecule is CC1=C(C(=O)O)C(c2cccc([N+](=O)[O-])c2)C(c2cccc(Cl)n2)=C(C)N1. The van der Waals surface area contributed by atoms with Crippen LogP contribution < -0.4 is 5.32 Å². The summed E-state index contributed by atoms with van der Waals surface area (Å²) in [6.07, 6.45) is 0. The van der Waals surface area contributed by atoms with Gasteiger partial charge in [-0.1, -0.05) is 29.8 Å². The van der Waals surface area contributed by atoms with Crippen molar-refractivity contribution in [3.8, 4) is 0 Å². The fraction of sp³-hybridized carbons (Fsp3) is 0.158. The highest BCUT2D eigenvalue weighted by Crippen LogP contribution is 2.43. The minimum Gasteiger partial charge on any atom is -0.478 e. The third kappa shape index (κ3) is 3.54. The first kappa shape index (κ1) is 18.6. The van der Waals surface area contributed by atoms with Crippen LogP contribution in [-0.4, -0.2) is 21.0 Å². The lowest BCUT2D eigenvalue weighted by molar-refractivity contribution is -0.384. The van der Waals surface area contributed by atoms with Crippen molar-refractivity contribution < 1.29 is 14.8 Å². The lowest BCUT2D eigenvalue weighted by Crippen LogP contribution is -2.27. The Kier molecular flexibility index (Phi) is 4.96. The number of carbonyl (C=O) groups is 1. The van der Waals surface area contributed by atoms with Crippen LogP contribution in [0.3, 0.4) is 0 Å². The summed E-state index contributed by atoms with van der Waals surface area (Å²) in [6.45, 7) is 3.48. The van der Waals surface area contributed by atoms with E-state index in [9.17, 15) is 20.0 Å². The number of benzene rings is 1. The predicted molar refractivity (Wildman–Crippen MR) is 101 cm³/mol. The lowest BCUT2D eigenvalue weighted by atomic mass is 9.79. The monoisotopic (exact) mass is 385 g/mol. The molecule has 7 nitrogen and oxygen atoms in total. The van der Waals surface area contributed by atoms with Crippen molar-refractivity contribution in [1.82, 2.24) is 10.3 Å². The number of dihydropyridines is 1. The molecule has 0 radical (unpaired) electrons. The van der Waals surface area contributed by atoms with Crippen molar-refractivity contribution in [2.45, 2.75) is 19.8 Å². The van der Waals surface area contributed by atoms with E-state index in [1.165, 1.54) is 12.1 Å². The summed E-state index contributed by atoms with van der Waals surface area (Å²) >= 11 is 6.03. The van der Waals surface area contributed by atoms with Crippen molar-refractivity contribution >= 4 is 28.8 Å². The fourth-order valence-corrected chi connectivity index (χ4v) is 3.49. The number of aromatic nitrogens is 1. The maximum Gasteiger partial charge on any atom is 0.334 e. The van der Waals surface area contributed by atoms with Crippen molar-refractivity contribution in [2.75, 3.05) is 0 Å². The molecule has 0 saturated heterocycles. The molecule has 138 valence electrons. The number of hydrogen-bond acceptors (Lipinski definition) is 5. The topological polar surface area (TPSA) is 105 Å². The largest absolute Gasteiger partial charge is 0.478 e. The van der Waals surface area contributed by atoms with Crippen molar-refractivity contribution in [1.29, 1.82) is 0 Å². The average Bonchev–Trinajstić information content (AvgIpc) is 2.60. The van der Waals surface area contributed by atoms with Gasteiger partial charge in [-0.25, -0.2) is 9.78 Å². The predicted octanol–water partition coefficient (Wildman–Crippen LogP) is 4.12. The number of nitro groups is 1. The van der Waals surface area contributed by atoms with Gasteiger partial charge in [0.1, 0.15) is 5.15 Å². The van der Waals surface area contributed by atoms with E-state index in [4.69, 9.17) is 11.6 Å². The number of nitro benzene ring substituents is 1. The molecule has 0 bridgehead atoms. The minimum atomic E-state index is -1.11. The van der Waals surface area contributed by atoms with Crippen molar-refractivity contribution in [3.05, 3.63) is 86.0 Å². The molecule has 1 aliphatic heterocycles. The molecule has 1 aromatic carbocycles. The van der Waals surface area contributed by atoms with Gasteiger partial charge in [0, 0.05) is 35.0 Å². The fourth-order valence-electron chi connectivity index (χ4n) is 3.33. The highest BCUT2D eigenvalue weighted by Gasteiger charge is 2.35. The zero-order chi connectivity index (χ0) is 19.7. The van der Waals surface area contributed by atoms with Gasteiger partial charge in [-0.3, -0.25) is 10.1 Å². The van der Waals surface area contributed by atoms with Crippen LogP contribution in [0, 0.1) is 10.1 Å². The summed E-state index contributed by atoms with van der Waals surface area (Å²) in [6, 6.07) is 11.1. The second-order valence-electron chi connectivity index (χ2n) is 6.14. The van der Waals surface area contributed by atoms with Crippen LogP contribution in [0.25, 0.3) is 5.57 Å². The van der Waals surface area contributed by atoms with Gasteiger partial charge in [0.15, 0.2) is 0 Å². The Hall–Kier alpha value is -3.19. The Morgan fingerprint density at radius 1 is 1.22 bits per heavy atom. The molecule has 1 atom stereocenters. The number of rotatable bonds is 4. The molecule has 0 amide bonds. The Bertz CT molecular complexity index is 1010. The van der Waals surface area contributed by atoms with E-state index >= 15 is 0 Å². The molecule has 3 rings (SSSR count). The number of carboxylic acids is 1. The molecule has 0 aliphatic carbocycles. The summed E-state index contributed by atoms with van der Waals surface area (Å²) in [5.41, 5.74) is 2.81. The number of nitrogens with zero attached hydrogens (tertiary/aromatic N) is 2. The van der Waals surface area contributed by atoms with E-state index in [0.29, 0.717) is 28.2 Å². The first-order valence-corrected chi connectivity index (χ1v) is 8.46. The molecule has 1 aromatic heterocycles. The minimum absolute atomic E-state index is 0.107. The highest BCUT2D eigenvalue weighted by atomic mass is 35.5. The zero-order valence-corrected chi connectivity index (χ0v) is 15.3. The van der Waals surface area contributed by atoms with Crippen LogP contribution in [0.2, 0.25) is 5.15 Å². The van der Waals surface area contributed by atoms with E-state index in [1.54, 1.807) is 37.3 Å². The van der Waals surface area contributed by atoms with E-state index in [1.807, 2.05) is 6.92 Å². The van der Waals surface area contributed by atoms with Gasteiger partial charge in [0.25, 0.3) is 5.69 Å². The Labute approximate surface area is 160 Å². The molecule has 27 heavy (non-hydrogen) atoms. The number of nitrogens with one attached hydrogen (secondary N) is 1. The summed E-state index contributed by atoms with van der Waals surface area (Å²) in [4.78, 5) is 27.0. The molecule has 2 N–H and O–H groups in total.